The first-order chi connectivity index (χ1) is 14.1. The lowest BCUT2D eigenvalue weighted by Crippen LogP contribution is -2.24. The fraction of sp³-hybridized carbons (Fsp3) is 0.217. The van der Waals surface area contributed by atoms with Crippen molar-refractivity contribution >= 4 is 23.1 Å². The third-order valence-corrected chi connectivity index (χ3v) is 5.11. The van der Waals surface area contributed by atoms with Crippen LogP contribution in [0.15, 0.2) is 60.8 Å². The summed E-state index contributed by atoms with van der Waals surface area (Å²) in [6.45, 7) is 2.19. The average Bonchev–Trinajstić information content (AvgIpc) is 3.09. The molecule has 148 valence electrons. The summed E-state index contributed by atoms with van der Waals surface area (Å²) in [6, 6.07) is 17.6. The summed E-state index contributed by atoms with van der Waals surface area (Å²) in [5.41, 5.74) is 3.63. The molecular weight excluding hydrogens is 366 g/mol. The molecule has 1 aliphatic rings. The molecule has 0 saturated carbocycles. The van der Waals surface area contributed by atoms with Crippen LogP contribution in [0.3, 0.4) is 0 Å². The van der Waals surface area contributed by atoms with Crippen molar-refractivity contribution in [1.82, 2.24) is 4.98 Å². The van der Waals surface area contributed by atoms with E-state index >= 15 is 0 Å². The molecule has 6 heteroatoms. The van der Waals surface area contributed by atoms with Gasteiger partial charge in [0.1, 0.15) is 5.82 Å². The number of anilines is 3. The summed E-state index contributed by atoms with van der Waals surface area (Å²) in [5, 5.41) is 2.88. The van der Waals surface area contributed by atoms with Gasteiger partial charge in [-0.15, -0.1) is 0 Å². The first-order valence-electron chi connectivity index (χ1n) is 9.47. The van der Waals surface area contributed by atoms with Crippen LogP contribution < -0.4 is 19.7 Å². The van der Waals surface area contributed by atoms with Crippen LogP contribution in [0.5, 0.6) is 11.5 Å². The fourth-order valence-electron chi connectivity index (χ4n) is 3.70. The van der Waals surface area contributed by atoms with Crippen LogP contribution in [0, 0.1) is 0 Å². The van der Waals surface area contributed by atoms with Crippen LogP contribution in [0.1, 0.15) is 22.8 Å². The highest BCUT2D eigenvalue weighted by Crippen LogP contribution is 2.37. The lowest BCUT2D eigenvalue weighted by atomic mass is 10.1. The molecule has 1 aliphatic heterocycles. The molecule has 3 aromatic rings. The van der Waals surface area contributed by atoms with E-state index in [1.54, 1.807) is 38.6 Å². The zero-order valence-corrected chi connectivity index (χ0v) is 16.7. The number of ether oxygens (including phenoxy) is 2. The second kappa shape index (κ2) is 7.83. The van der Waals surface area contributed by atoms with Crippen molar-refractivity contribution in [2.45, 2.75) is 19.4 Å². The predicted octanol–water partition coefficient (Wildman–Crippen LogP) is 4.43. The molecule has 4 rings (SSSR count). The van der Waals surface area contributed by atoms with Crippen LogP contribution in [0.2, 0.25) is 0 Å². The van der Waals surface area contributed by atoms with Crippen LogP contribution in [0.25, 0.3) is 0 Å². The van der Waals surface area contributed by atoms with E-state index in [-0.39, 0.29) is 5.91 Å². The first kappa shape index (κ1) is 18.8. The minimum absolute atomic E-state index is 0.236. The Morgan fingerprint density at radius 1 is 1.07 bits per heavy atom. The second-order valence-electron chi connectivity index (χ2n) is 6.98. The van der Waals surface area contributed by atoms with Crippen LogP contribution in [-0.4, -0.2) is 31.2 Å². The number of pyridine rings is 1. The zero-order chi connectivity index (χ0) is 20.4. The summed E-state index contributed by atoms with van der Waals surface area (Å²) in [5.74, 6) is 1.72. The molecule has 1 unspecified atom stereocenters. The van der Waals surface area contributed by atoms with Crippen molar-refractivity contribution in [2.75, 3.05) is 24.4 Å². The molecule has 2 aromatic carbocycles. The molecule has 0 spiro atoms. The third-order valence-electron chi connectivity index (χ3n) is 5.11. The monoisotopic (exact) mass is 389 g/mol. The van der Waals surface area contributed by atoms with Crippen molar-refractivity contribution < 1.29 is 14.3 Å². The van der Waals surface area contributed by atoms with Gasteiger partial charge in [-0.25, -0.2) is 4.98 Å². The van der Waals surface area contributed by atoms with Gasteiger partial charge in [-0.05, 0) is 55.3 Å². The number of rotatable bonds is 5. The van der Waals surface area contributed by atoms with Gasteiger partial charge in [-0.3, -0.25) is 4.79 Å². The van der Waals surface area contributed by atoms with E-state index in [0.29, 0.717) is 28.8 Å². The van der Waals surface area contributed by atoms with Crippen molar-refractivity contribution in [1.29, 1.82) is 0 Å². The number of amides is 1. The first-order valence-corrected chi connectivity index (χ1v) is 9.47. The molecule has 6 nitrogen and oxygen atoms in total. The standard InChI is InChI=1S/C23H23N3O3/c1-15-12-16-6-4-5-7-19(16)26(15)22-11-9-18(14-24-22)25-23(27)17-8-10-20(28-2)21(13-17)29-3/h4-11,13-15H,12H2,1-3H3,(H,25,27). The Bertz CT molecular complexity index is 1030. The maximum absolute atomic E-state index is 12.6. The van der Waals surface area contributed by atoms with E-state index in [0.717, 1.165) is 12.2 Å². The van der Waals surface area contributed by atoms with Gasteiger partial charge in [0.05, 0.1) is 26.1 Å². The summed E-state index contributed by atoms with van der Waals surface area (Å²) in [4.78, 5) is 19.4. The minimum atomic E-state index is -0.236. The van der Waals surface area contributed by atoms with Crippen LogP contribution >= 0.6 is 0 Å². The molecule has 2 heterocycles. The van der Waals surface area contributed by atoms with Gasteiger partial charge in [0.2, 0.25) is 0 Å². The Morgan fingerprint density at radius 3 is 2.59 bits per heavy atom. The highest BCUT2D eigenvalue weighted by atomic mass is 16.5. The molecule has 29 heavy (non-hydrogen) atoms. The van der Waals surface area contributed by atoms with E-state index in [2.05, 4.69) is 40.3 Å². The Labute approximate surface area is 170 Å². The largest absolute Gasteiger partial charge is 0.493 e. The number of hydrogen-bond donors (Lipinski definition) is 1. The Balaban J connectivity index is 1.51. The maximum Gasteiger partial charge on any atom is 0.255 e. The Hall–Kier alpha value is -3.54. The smallest absolute Gasteiger partial charge is 0.255 e. The SMILES string of the molecule is COc1ccc(C(=O)Nc2ccc(N3c4ccccc4CC3C)nc2)cc1OC. The van der Waals surface area contributed by atoms with E-state index in [1.165, 1.54) is 11.3 Å². The summed E-state index contributed by atoms with van der Waals surface area (Å²) in [7, 11) is 3.10. The molecule has 0 bridgehead atoms. The molecule has 0 fully saturated rings. The third kappa shape index (κ3) is 3.61. The van der Waals surface area contributed by atoms with Gasteiger partial charge >= 0.3 is 0 Å². The number of carbonyl (C=O) groups excluding carboxylic acids is 1. The van der Waals surface area contributed by atoms with E-state index in [4.69, 9.17) is 9.47 Å². The molecule has 1 atom stereocenters. The fourth-order valence-corrected chi connectivity index (χ4v) is 3.70. The van der Waals surface area contributed by atoms with Gasteiger partial charge in [0.15, 0.2) is 11.5 Å². The van der Waals surface area contributed by atoms with Crippen molar-refractivity contribution in [2.24, 2.45) is 0 Å². The zero-order valence-electron chi connectivity index (χ0n) is 16.7. The molecule has 1 aromatic heterocycles. The predicted molar refractivity (Wildman–Crippen MR) is 113 cm³/mol. The summed E-state index contributed by atoms with van der Waals surface area (Å²) >= 11 is 0. The average molecular weight is 389 g/mol. The van der Waals surface area contributed by atoms with E-state index in [9.17, 15) is 4.79 Å². The number of fused-ring (bicyclic) bond motifs is 1. The van der Waals surface area contributed by atoms with Gasteiger partial charge in [0, 0.05) is 17.3 Å². The maximum atomic E-state index is 12.6. The highest BCUT2D eigenvalue weighted by Gasteiger charge is 2.27. The molecule has 0 aliphatic carbocycles. The normalized spacial score (nSPS) is 15.0. The second-order valence-corrected chi connectivity index (χ2v) is 6.98. The number of methoxy groups -OCH3 is 2. The number of aromatic nitrogens is 1. The van der Waals surface area contributed by atoms with E-state index < -0.39 is 0 Å². The van der Waals surface area contributed by atoms with E-state index in [1.807, 2.05) is 18.2 Å². The van der Waals surface area contributed by atoms with Crippen molar-refractivity contribution in [3.63, 3.8) is 0 Å². The van der Waals surface area contributed by atoms with Gasteiger partial charge in [0.25, 0.3) is 5.91 Å². The lowest BCUT2D eigenvalue weighted by Gasteiger charge is -2.24. The Kier molecular flexibility index (Phi) is 5.08. The summed E-state index contributed by atoms with van der Waals surface area (Å²) < 4.78 is 10.5. The van der Waals surface area contributed by atoms with Gasteiger partial charge < -0.3 is 19.7 Å². The van der Waals surface area contributed by atoms with Crippen LogP contribution in [0.4, 0.5) is 17.2 Å². The van der Waals surface area contributed by atoms with Crippen LogP contribution in [-0.2, 0) is 6.42 Å². The van der Waals surface area contributed by atoms with Gasteiger partial charge in [-0.2, -0.15) is 0 Å². The number of hydrogen-bond acceptors (Lipinski definition) is 5. The minimum Gasteiger partial charge on any atom is -0.493 e. The lowest BCUT2D eigenvalue weighted by molar-refractivity contribution is 0.102. The van der Waals surface area contributed by atoms with Gasteiger partial charge in [-0.1, -0.05) is 18.2 Å². The number of nitrogens with one attached hydrogen (secondary N) is 1. The molecule has 0 saturated heterocycles. The Morgan fingerprint density at radius 2 is 1.86 bits per heavy atom. The number of benzene rings is 2. The quantitative estimate of drug-likeness (QED) is 0.699. The number of para-hydroxylation sites is 1. The number of carbonyl (C=O) groups is 1. The topological polar surface area (TPSA) is 63.7 Å². The molecule has 1 amide bonds. The molecule has 0 radical (unpaired) electrons. The number of nitrogens with zero attached hydrogens (tertiary/aromatic N) is 2. The van der Waals surface area contributed by atoms with Crippen molar-refractivity contribution in [3.05, 3.63) is 71.9 Å². The van der Waals surface area contributed by atoms with Crippen molar-refractivity contribution in [3.8, 4) is 11.5 Å². The summed E-state index contributed by atoms with van der Waals surface area (Å²) in [6.07, 6.45) is 2.68. The highest BCUT2D eigenvalue weighted by molar-refractivity contribution is 6.04. The molecule has 1 N–H and O–H groups in total. The molecular formula is C23H23N3O3.